The third-order valence-corrected chi connectivity index (χ3v) is 2.46. The molecule has 0 spiro atoms. The first kappa shape index (κ1) is 11.8. The molecule has 0 aliphatic carbocycles. The standard InChI is InChI=1S/C10H13ClN2O2/c1-6(10(12)15)13-5-7-8(11)3-2-4-9(7)14/h2-4,6,13-14H,5H2,1H3,(H2,12,15)/t6-/m0/s1. The van der Waals surface area contributed by atoms with Gasteiger partial charge in [0.25, 0.3) is 0 Å². The molecule has 0 heterocycles. The van der Waals surface area contributed by atoms with Crippen LogP contribution in [0.2, 0.25) is 5.02 Å². The van der Waals surface area contributed by atoms with Crippen LogP contribution in [0.15, 0.2) is 18.2 Å². The summed E-state index contributed by atoms with van der Waals surface area (Å²) in [5, 5.41) is 12.8. The summed E-state index contributed by atoms with van der Waals surface area (Å²) in [5.74, 6) is -0.340. The van der Waals surface area contributed by atoms with Crippen molar-refractivity contribution in [3.63, 3.8) is 0 Å². The summed E-state index contributed by atoms with van der Waals surface area (Å²) in [6.45, 7) is 1.95. The minimum absolute atomic E-state index is 0.103. The number of primary amides is 1. The molecule has 4 nitrogen and oxygen atoms in total. The first-order chi connectivity index (χ1) is 7.02. The zero-order valence-electron chi connectivity index (χ0n) is 8.33. The maximum Gasteiger partial charge on any atom is 0.234 e. The van der Waals surface area contributed by atoms with Crippen molar-refractivity contribution in [3.8, 4) is 5.75 Å². The van der Waals surface area contributed by atoms with Gasteiger partial charge >= 0.3 is 0 Å². The lowest BCUT2D eigenvalue weighted by Crippen LogP contribution is -2.38. The first-order valence-electron chi connectivity index (χ1n) is 4.51. The monoisotopic (exact) mass is 228 g/mol. The summed E-state index contributed by atoms with van der Waals surface area (Å²) in [6.07, 6.45) is 0. The lowest BCUT2D eigenvalue weighted by molar-refractivity contribution is -0.119. The van der Waals surface area contributed by atoms with E-state index >= 15 is 0 Å². The van der Waals surface area contributed by atoms with Crippen LogP contribution in [0.25, 0.3) is 0 Å². The number of halogens is 1. The van der Waals surface area contributed by atoms with Crippen LogP contribution < -0.4 is 11.1 Å². The molecule has 0 aliphatic rings. The van der Waals surface area contributed by atoms with Crippen LogP contribution in [0.4, 0.5) is 0 Å². The number of phenols is 1. The number of nitrogens with one attached hydrogen (secondary N) is 1. The largest absolute Gasteiger partial charge is 0.508 e. The molecule has 0 unspecified atom stereocenters. The molecule has 0 saturated carbocycles. The molecule has 1 amide bonds. The van der Waals surface area contributed by atoms with E-state index in [9.17, 15) is 9.90 Å². The van der Waals surface area contributed by atoms with E-state index in [-0.39, 0.29) is 5.75 Å². The zero-order chi connectivity index (χ0) is 11.4. The summed E-state index contributed by atoms with van der Waals surface area (Å²) in [6, 6.07) is 4.41. The predicted octanol–water partition coefficient (Wildman–Crippen LogP) is 1.01. The summed E-state index contributed by atoms with van der Waals surface area (Å²) < 4.78 is 0. The van der Waals surface area contributed by atoms with E-state index in [1.54, 1.807) is 19.1 Å². The highest BCUT2D eigenvalue weighted by Crippen LogP contribution is 2.24. The number of amides is 1. The van der Waals surface area contributed by atoms with Crippen LogP contribution >= 0.6 is 11.6 Å². The third kappa shape index (κ3) is 3.11. The Morgan fingerprint density at radius 3 is 2.87 bits per heavy atom. The average Bonchev–Trinajstić information content (AvgIpc) is 2.16. The molecule has 15 heavy (non-hydrogen) atoms. The highest BCUT2D eigenvalue weighted by molar-refractivity contribution is 6.31. The predicted molar refractivity (Wildman–Crippen MR) is 58.6 cm³/mol. The van der Waals surface area contributed by atoms with Crippen molar-refractivity contribution in [2.24, 2.45) is 5.73 Å². The molecule has 0 radical (unpaired) electrons. The third-order valence-electron chi connectivity index (χ3n) is 2.11. The van der Waals surface area contributed by atoms with Crippen LogP contribution in [0.1, 0.15) is 12.5 Å². The van der Waals surface area contributed by atoms with Crippen molar-refractivity contribution >= 4 is 17.5 Å². The zero-order valence-corrected chi connectivity index (χ0v) is 9.08. The van der Waals surface area contributed by atoms with Gasteiger partial charge in [-0.2, -0.15) is 0 Å². The van der Waals surface area contributed by atoms with Crippen molar-refractivity contribution in [1.82, 2.24) is 5.32 Å². The average molecular weight is 229 g/mol. The van der Waals surface area contributed by atoms with E-state index in [2.05, 4.69) is 5.32 Å². The second kappa shape index (κ2) is 5.00. The second-order valence-corrected chi connectivity index (χ2v) is 3.65. The highest BCUT2D eigenvalue weighted by Gasteiger charge is 2.10. The number of nitrogens with two attached hydrogens (primary N) is 1. The van der Waals surface area contributed by atoms with E-state index in [1.807, 2.05) is 0 Å². The van der Waals surface area contributed by atoms with Gasteiger partial charge < -0.3 is 16.2 Å². The van der Waals surface area contributed by atoms with Crippen molar-refractivity contribution in [3.05, 3.63) is 28.8 Å². The van der Waals surface area contributed by atoms with Gasteiger partial charge in [0, 0.05) is 17.1 Å². The van der Waals surface area contributed by atoms with Crippen LogP contribution in [0.5, 0.6) is 5.75 Å². The Hall–Kier alpha value is -1.26. The molecule has 0 fully saturated rings. The van der Waals surface area contributed by atoms with Gasteiger partial charge in [-0.1, -0.05) is 17.7 Å². The quantitative estimate of drug-likeness (QED) is 0.720. The van der Waals surface area contributed by atoms with Gasteiger partial charge in [0.15, 0.2) is 0 Å². The topological polar surface area (TPSA) is 75.3 Å². The number of carbonyl (C=O) groups is 1. The lowest BCUT2D eigenvalue weighted by atomic mass is 10.2. The molecule has 0 saturated heterocycles. The summed E-state index contributed by atoms with van der Waals surface area (Å²) >= 11 is 5.88. The minimum Gasteiger partial charge on any atom is -0.508 e. The van der Waals surface area contributed by atoms with Crippen molar-refractivity contribution in [1.29, 1.82) is 0 Å². The Morgan fingerprint density at radius 2 is 2.33 bits per heavy atom. The number of phenolic OH excluding ortho intramolecular Hbond substituents is 1. The molecule has 82 valence electrons. The molecule has 5 heteroatoms. The fourth-order valence-corrected chi connectivity index (χ4v) is 1.31. The number of aromatic hydroxyl groups is 1. The Labute approximate surface area is 93.0 Å². The fourth-order valence-electron chi connectivity index (χ4n) is 1.08. The smallest absolute Gasteiger partial charge is 0.234 e. The van der Waals surface area contributed by atoms with Gasteiger partial charge in [-0.05, 0) is 19.1 Å². The normalized spacial score (nSPS) is 12.4. The molecular weight excluding hydrogens is 216 g/mol. The fraction of sp³-hybridized carbons (Fsp3) is 0.300. The van der Waals surface area contributed by atoms with Gasteiger partial charge in [-0.3, -0.25) is 4.79 Å². The Balaban J connectivity index is 2.69. The molecule has 0 bridgehead atoms. The molecule has 1 aromatic rings. The number of hydrogen-bond acceptors (Lipinski definition) is 3. The van der Waals surface area contributed by atoms with E-state index in [1.165, 1.54) is 6.07 Å². The first-order valence-corrected chi connectivity index (χ1v) is 4.89. The summed E-state index contributed by atoms with van der Waals surface area (Å²) in [7, 11) is 0. The van der Waals surface area contributed by atoms with Gasteiger partial charge in [0.05, 0.1) is 6.04 Å². The van der Waals surface area contributed by atoms with Crippen LogP contribution in [-0.2, 0) is 11.3 Å². The Kier molecular flexibility index (Phi) is 3.94. The van der Waals surface area contributed by atoms with Crippen molar-refractivity contribution < 1.29 is 9.90 Å². The van der Waals surface area contributed by atoms with Gasteiger partial charge in [-0.25, -0.2) is 0 Å². The maximum absolute atomic E-state index is 10.8. The van der Waals surface area contributed by atoms with E-state index in [0.717, 1.165) is 0 Å². The molecule has 1 aromatic carbocycles. The molecule has 0 aromatic heterocycles. The van der Waals surface area contributed by atoms with Crippen molar-refractivity contribution in [2.75, 3.05) is 0 Å². The Bertz CT molecular complexity index is 348. The highest BCUT2D eigenvalue weighted by atomic mass is 35.5. The molecule has 1 atom stereocenters. The van der Waals surface area contributed by atoms with E-state index in [0.29, 0.717) is 17.1 Å². The second-order valence-electron chi connectivity index (χ2n) is 3.24. The minimum atomic E-state index is -0.458. The van der Waals surface area contributed by atoms with Gasteiger partial charge in [-0.15, -0.1) is 0 Å². The molecular formula is C10H13ClN2O2. The number of benzene rings is 1. The van der Waals surface area contributed by atoms with Gasteiger partial charge in [0.1, 0.15) is 5.75 Å². The van der Waals surface area contributed by atoms with Crippen LogP contribution in [0, 0.1) is 0 Å². The Morgan fingerprint density at radius 1 is 1.67 bits per heavy atom. The SMILES string of the molecule is C[C@H](NCc1c(O)cccc1Cl)C(N)=O. The maximum atomic E-state index is 10.8. The van der Waals surface area contributed by atoms with Crippen LogP contribution in [-0.4, -0.2) is 17.1 Å². The van der Waals surface area contributed by atoms with Crippen LogP contribution in [0.3, 0.4) is 0 Å². The number of hydrogen-bond donors (Lipinski definition) is 3. The number of carbonyl (C=O) groups excluding carboxylic acids is 1. The molecule has 1 rings (SSSR count). The van der Waals surface area contributed by atoms with E-state index < -0.39 is 11.9 Å². The molecule has 0 aliphatic heterocycles. The van der Waals surface area contributed by atoms with E-state index in [4.69, 9.17) is 17.3 Å². The summed E-state index contributed by atoms with van der Waals surface area (Å²) in [5.41, 5.74) is 5.64. The molecule has 4 N–H and O–H groups in total. The lowest BCUT2D eigenvalue weighted by Gasteiger charge is -2.11. The van der Waals surface area contributed by atoms with Gasteiger partial charge in [0.2, 0.25) is 5.91 Å². The van der Waals surface area contributed by atoms with Crippen molar-refractivity contribution in [2.45, 2.75) is 19.5 Å². The number of rotatable bonds is 4. The summed E-state index contributed by atoms with van der Waals surface area (Å²) in [4.78, 5) is 10.8.